The number of benzene rings is 2. The van der Waals surface area contributed by atoms with Crippen LogP contribution in [0.3, 0.4) is 0 Å². The van der Waals surface area contributed by atoms with Crippen molar-refractivity contribution in [1.82, 2.24) is 0 Å². The van der Waals surface area contributed by atoms with E-state index in [1.54, 1.807) is 0 Å². The van der Waals surface area contributed by atoms with E-state index < -0.39 is 28.5 Å². The summed E-state index contributed by atoms with van der Waals surface area (Å²) in [5, 5.41) is 3.14. The fourth-order valence-corrected chi connectivity index (χ4v) is 3.77. The summed E-state index contributed by atoms with van der Waals surface area (Å²) in [6.45, 7) is 0. The van der Waals surface area contributed by atoms with Crippen molar-refractivity contribution in [2.24, 2.45) is 0 Å². The zero-order valence-corrected chi connectivity index (χ0v) is 13.4. The van der Waals surface area contributed by atoms with Gasteiger partial charge in [-0.05, 0) is 0 Å². The fourth-order valence-electron chi connectivity index (χ4n) is 1.73. The van der Waals surface area contributed by atoms with Crippen molar-refractivity contribution in [2.45, 2.75) is 0 Å². The molecule has 0 heterocycles. The molecule has 2 aromatic rings. The van der Waals surface area contributed by atoms with Gasteiger partial charge in [-0.15, -0.1) is 0 Å². The van der Waals surface area contributed by atoms with E-state index in [1.165, 1.54) is 0 Å². The van der Waals surface area contributed by atoms with Crippen LogP contribution in [0.1, 0.15) is 0 Å². The van der Waals surface area contributed by atoms with Gasteiger partial charge in [0, 0.05) is 0 Å². The van der Waals surface area contributed by atoms with Gasteiger partial charge < -0.3 is 0 Å². The molecule has 0 aliphatic rings. The third kappa shape index (κ3) is 3.90. The normalized spacial score (nSPS) is 11.5. The molecule has 20 heavy (non-hydrogen) atoms. The van der Waals surface area contributed by atoms with E-state index >= 15 is 0 Å². The molecule has 0 bridgehead atoms. The zero-order valence-electron chi connectivity index (χ0n) is 11.1. The Morgan fingerprint density at radius 3 is 2.25 bits per heavy atom. The predicted molar refractivity (Wildman–Crippen MR) is 77.0 cm³/mol. The van der Waals surface area contributed by atoms with E-state index in [2.05, 4.69) is 5.32 Å². The van der Waals surface area contributed by atoms with Crippen molar-refractivity contribution in [3.05, 3.63) is 48.5 Å². The minimum absolute atomic E-state index is 0.456. The number of nitrogens with one attached hydrogen (secondary N) is 1. The topological polar surface area (TPSA) is 55.4 Å². The first-order valence-corrected chi connectivity index (χ1v) is 9.08. The van der Waals surface area contributed by atoms with Gasteiger partial charge in [-0.1, -0.05) is 0 Å². The van der Waals surface area contributed by atoms with Gasteiger partial charge in [0.15, 0.2) is 0 Å². The van der Waals surface area contributed by atoms with Gasteiger partial charge in [-0.25, -0.2) is 0 Å². The summed E-state index contributed by atoms with van der Waals surface area (Å²) < 4.78 is 28.1. The van der Waals surface area contributed by atoms with Crippen LogP contribution in [0.4, 0.5) is 5.69 Å². The standard InChI is InChI=1S/C13H12N.CH4O3S.Pd/c1-14-13-10-6-5-9-12(13)11-7-3-2-4-8-11;1-5(2,3)4;/h2-7,9-10,14H,1H3;1H3,(H,2,3,4);/q;;+1/p-1. The Balaban J connectivity index is 2.42. The van der Waals surface area contributed by atoms with E-state index in [1.807, 2.05) is 55.6 Å². The SMILES string of the molecule is CNc1ccccc1-c1cccc[c]1[Pd][O]S(C)(=O)=O. The first kappa shape index (κ1) is 15.2. The summed E-state index contributed by atoms with van der Waals surface area (Å²) in [6, 6.07) is 15.6. The molecule has 0 amide bonds. The van der Waals surface area contributed by atoms with Crippen LogP contribution in [0.15, 0.2) is 48.5 Å². The molecule has 110 valence electrons. The predicted octanol–water partition coefficient (Wildman–Crippen LogP) is 1.99. The van der Waals surface area contributed by atoms with Gasteiger partial charge in [-0.2, -0.15) is 0 Å². The second kappa shape index (κ2) is 6.51. The Labute approximate surface area is 127 Å². The molecule has 0 fully saturated rings. The van der Waals surface area contributed by atoms with Crippen molar-refractivity contribution in [3.63, 3.8) is 0 Å². The van der Waals surface area contributed by atoms with E-state index in [4.69, 9.17) is 2.91 Å². The molecule has 4 nitrogen and oxygen atoms in total. The quantitative estimate of drug-likeness (QED) is 0.802. The third-order valence-corrected chi connectivity index (χ3v) is 5.59. The molecule has 2 aromatic carbocycles. The van der Waals surface area contributed by atoms with Gasteiger partial charge in [0.1, 0.15) is 0 Å². The number of hydrogen-bond donors (Lipinski definition) is 1. The van der Waals surface area contributed by atoms with Crippen molar-refractivity contribution < 1.29 is 29.7 Å². The first-order valence-electron chi connectivity index (χ1n) is 5.85. The minimum atomic E-state index is -3.43. The van der Waals surface area contributed by atoms with Crippen LogP contribution in [0.5, 0.6) is 0 Å². The van der Waals surface area contributed by atoms with Crippen molar-refractivity contribution in [3.8, 4) is 11.1 Å². The molecule has 0 saturated heterocycles. The Bertz CT molecular complexity index is 701. The second-order valence-corrected chi connectivity index (χ2v) is 7.51. The van der Waals surface area contributed by atoms with Gasteiger partial charge in [-0.3, -0.25) is 0 Å². The van der Waals surface area contributed by atoms with Gasteiger partial charge in [0.2, 0.25) is 0 Å². The first-order chi connectivity index (χ1) is 9.51. The molecule has 0 atom stereocenters. The van der Waals surface area contributed by atoms with Gasteiger partial charge >= 0.3 is 128 Å². The Kier molecular flexibility index (Phi) is 4.95. The second-order valence-electron chi connectivity index (χ2n) is 4.06. The summed E-state index contributed by atoms with van der Waals surface area (Å²) in [5.74, 6) is 0. The van der Waals surface area contributed by atoms with Crippen LogP contribution >= 0.6 is 0 Å². The van der Waals surface area contributed by atoms with Crippen LogP contribution in [0.25, 0.3) is 11.1 Å². The number of hydrogen-bond acceptors (Lipinski definition) is 4. The number of para-hydroxylation sites is 1. The van der Waals surface area contributed by atoms with E-state index in [0.29, 0.717) is 0 Å². The summed E-state index contributed by atoms with van der Waals surface area (Å²) >= 11 is -0.456. The molecule has 0 saturated carbocycles. The van der Waals surface area contributed by atoms with Gasteiger partial charge in [0.05, 0.1) is 0 Å². The number of rotatable bonds is 5. The molecule has 1 N–H and O–H groups in total. The van der Waals surface area contributed by atoms with Crippen molar-refractivity contribution >= 4 is 19.8 Å². The van der Waals surface area contributed by atoms with E-state index in [-0.39, 0.29) is 0 Å². The summed E-state index contributed by atoms with van der Waals surface area (Å²) in [4.78, 5) is 0. The molecule has 6 heteroatoms. The number of anilines is 1. The Hall–Kier alpha value is -1.19. The third-order valence-electron chi connectivity index (χ3n) is 2.53. The van der Waals surface area contributed by atoms with Crippen molar-refractivity contribution in [2.75, 3.05) is 18.6 Å². The van der Waals surface area contributed by atoms with Crippen LogP contribution < -0.4 is 9.35 Å². The van der Waals surface area contributed by atoms with Crippen LogP contribution in [-0.4, -0.2) is 21.7 Å². The van der Waals surface area contributed by atoms with Crippen molar-refractivity contribution in [1.29, 1.82) is 0 Å². The average Bonchev–Trinajstić information content (AvgIpc) is 2.44. The maximum atomic E-state index is 11.2. The molecule has 0 aliphatic heterocycles. The molecular weight excluding hydrogens is 369 g/mol. The Morgan fingerprint density at radius 1 is 1.00 bits per heavy atom. The summed E-state index contributed by atoms with van der Waals surface area (Å²) in [6.07, 6.45) is 1.07. The summed E-state index contributed by atoms with van der Waals surface area (Å²) in [5.41, 5.74) is 3.00. The molecule has 2 rings (SSSR count). The average molecular weight is 384 g/mol. The van der Waals surface area contributed by atoms with E-state index in [0.717, 1.165) is 27.1 Å². The Morgan fingerprint density at radius 2 is 1.60 bits per heavy atom. The molecule has 0 aliphatic carbocycles. The monoisotopic (exact) mass is 383 g/mol. The van der Waals surface area contributed by atoms with Crippen LogP contribution in [-0.2, 0) is 31.4 Å². The fraction of sp³-hybridized carbons (Fsp3) is 0.143. The summed E-state index contributed by atoms with van der Waals surface area (Å²) in [7, 11) is -1.57. The van der Waals surface area contributed by atoms with Crippen LogP contribution in [0, 0.1) is 0 Å². The van der Waals surface area contributed by atoms with E-state index in [9.17, 15) is 8.42 Å². The molecule has 0 radical (unpaired) electrons. The zero-order chi connectivity index (χ0) is 14.6. The molecule has 0 spiro atoms. The maximum absolute atomic E-state index is 11.2. The van der Waals surface area contributed by atoms with Crippen LogP contribution in [0.2, 0.25) is 0 Å². The molecular formula is C14H15NO3PdS. The molecule has 0 aromatic heterocycles. The van der Waals surface area contributed by atoms with Gasteiger partial charge in [0.25, 0.3) is 0 Å². The molecule has 0 unspecified atom stereocenters.